The zero-order valence-corrected chi connectivity index (χ0v) is 10.7. The Balaban J connectivity index is 1.87. The molecular weight excluding hydrogens is 258 g/mol. The molecule has 2 aromatic rings. The van der Waals surface area contributed by atoms with E-state index in [9.17, 15) is 9.59 Å². The van der Waals surface area contributed by atoms with E-state index < -0.39 is 0 Å². The highest BCUT2D eigenvalue weighted by atomic mass is 16.4. The third-order valence-corrected chi connectivity index (χ3v) is 3.32. The average Bonchev–Trinajstić information content (AvgIpc) is 2.91. The van der Waals surface area contributed by atoms with Gasteiger partial charge in [-0.2, -0.15) is 0 Å². The molecule has 5 nitrogen and oxygen atoms in total. The zero-order chi connectivity index (χ0) is 14.1. The Labute approximate surface area is 115 Å². The molecule has 102 valence electrons. The van der Waals surface area contributed by atoms with Crippen LogP contribution in [0.15, 0.2) is 40.8 Å². The standard InChI is InChI=1S/C15H13NO4/c17-9-12-6-5-11(20-12)8-16-14(18)7-10-3-1-2-4-13(10)15(16)19/h1-6,17H,7-9H2. The van der Waals surface area contributed by atoms with Gasteiger partial charge in [0.05, 0.1) is 13.0 Å². The van der Waals surface area contributed by atoms with Gasteiger partial charge >= 0.3 is 0 Å². The van der Waals surface area contributed by atoms with Crippen LogP contribution in [-0.2, 0) is 24.4 Å². The van der Waals surface area contributed by atoms with Gasteiger partial charge in [-0.1, -0.05) is 18.2 Å². The number of furan rings is 1. The van der Waals surface area contributed by atoms with E-state index in [1.165, 1.54) is 4.90 Å². The van der Waals surface area contributed by atoms with Crippen molar-refractivity contribution in [1.29, 1.82) is 0 Å². The maximum Gasteiger partial charge on any atom is 0.261 e. The third kappa shape index (κ3) is 2.12. The summed E-state index contributed by atoms with van der Waals surface area (Å²) in [5, 5.41) is 8.95. The van der Waals surface area contributed by atoms with Gasteiger partial charge in [0.2, 0.25) is 5.91 Å². The van der Waals surface area contributed by atoms with Crippen LogP contribution < -0.4 is 0 Å². The molecule has 0 saturated carbocycles. The number of aliphatic hydroxyl groups excluding tert-OH is 1. The Morgan fingerprint density at radius 3 is 2.60 bits per heavy atom. The molecule has 0 radical (unpaired) electrons. The van der Waals surface area contributed by atoms with Crippen molar-refractivity contribution in [2.24, 2.45) is 0 Å². The SMILES string of the molecule is O=C1Cc2ccccc2C(=O)N1Cc1ccc(CO)o1. The monoisotopic (exact) mass is 271 g/mol. The molecule has 0 saturated heterocycles. The number of carbonyl (C=O) groups excluding carboxylic acids is 2. The highest BCUT2D eigenvalue weighted by Gasteiger charge is 2.31. The van der Waals surface area contributed by atoms with E-state index in [2.05, 4.69) is 0 Å². The predicted octanol–water partition coefficient (Wildman–Crippen LogP) is 1.50. The molecule has 2 heterocycles. The molecule has 0 unspecified atom stereocenters. The molecule has 0 spiro atoms. The van der Waals surface area contributed by atoms with Crippen molar-refractivity contribution in [3.8, 4) is 0 Å². The van der Waals surface area contributed by atoms with Gasteiger partial charge in [-0.05, 0) is 23.8 Å². The first-order chi connectivity index (χ1) is 9.69. The van der Waals surface area contributed by atoms with Gasteiger partial charge in [0.15, 0.2) is 0 Å². The topological polar surface area (TPSA) is 70.8 Å². The molecule has 1 aliphatic heterocycles. The molecule has 20 heavy (non-hydrogen) atoms. The van der Waals surface area contributed by atoms with Gasteiger partial charge in [-0.25, -0.2) is 0 Å². The fraction of sp³-hybridized carbons (Fsp3) is 0.200. The maximum atomic E-state index is 12.3. The van der Waals surface area contributed by atoms with Gasteiger partial charge in [-0.3, -0.25) is 14.5 Å². The summed E-state index contributed by atoms with van der Waals surface area (Å²) in [6.45, 7) is -0.114. The Hall–Kier alpha value is -2.40. The van der Waals surface area contributed by atoms with E-state index in [4.69, 9.17) is 9.52 Å². The van der Waals surface area contributed by atoms with Crippen LogP contribution in [0.3, 0.4) is 0 Å². The smallest absolute Gasteiger partial charge is 0.261 e. The molecule has 1 aliphatic rings. The largest absolute Gasteiger partial charge is 0.462 e. The highest BCUT2D eigenvalue weighted by Crippen LogP contribution is 2.22. The van der Waals surface area contributed by atoms with E-state index in [-0.39, 0.29) is 31.4 Å². The van der Waals surface area contributed by atoms with Crippen LogP contribution in [0.25, 0.3) is 0 Å². The van der Waals surface area contributed by atoms with Crippen molar-refractivity contribution < 1.29 is 19.1 Å². The van der Waals surface area contributed by atoms with Crippen LogP contribution in [0.1, 0.15) is 27.4 Å². The lowest BCUT2D eigenvalue weighted by Gasteiger charge is -2.25. The van der Waals surface area contributed by atoms with Crippen LogP contribution in [0, 0.1) is 0 Å². The summed E-state index contributed by atoms with van der Waals surface area (Å²) in [7, 11) is 0. The van der Waals surface area contributed by atoms with Crippen LogP contribution in [0.4, 0.5) is 0 Å². The Kier molecular flexibility index (Phi) is 3.12. The molecule has 3 rings (SSSR count). The number of fused-ring (bicyclic) bond motifs is 1. The van der Waals surface area contributed by atoms with Gasteiger partial charge in [0.1, 0.15) is 18.1 Å². The minimum Gasteiger partial charge on any atom is -0.462 e. The van der Waals surface area contributed by atoms with E-state index in [1.54, 1.807) is 30.3 Å². The first kappa shape index (κ1) is 12.6. The third-order valence-electron chi connectivity index (χ3n) is 3.32. The van der Waals surface area contributed by atoms with Crippen molar-refractivity contribution in [2.75, 3.05) is 0 Å². The molecule has 0 fully saturated rings. The Morgan fingerprint density at radius 1 is 1.10 bits per heavy atom. The number of amides is 2. The van der Waals surface area contributed by atoms with Crippen LogP contribution >= 0.6 is 0 Å². The molecular formula is C15H13NO4. The summed E-state index contributed by atoms with van der Waals surface area (Å²) >= 11 is 0. The van der Waals surface area contributed by atoms with Gasteiger partial charge in [-0.15, -0.1) is 0 Å². The number of nitrogens with zero attached hydrogens (tertiary/aromatic N) is 1. The van der Waals surface area contributed by atoms with Gasteiger partial charge < -0.3 is 9.52 Å². The second-order valence-electron chi connectivity index (χ2n) is 4.65. The summed E-state index contributed by atoms with van der Waals surface area (Å²) in [4.78, 5) is 25.6. The van der Waals surface area contributed by atoms with Crippen LogP contribution in [-0.4, -0.2) is 21.8 Å². The fourth-order valence-electron chi connectivity index (χ4n) is 2.31. The number of benzene rings is 1. The van der Waals surface area contributed by atoms with Crippen LogP contribution in [0.2, 0.25) is 0 Å². The molecule has 0 bridgehead atoms. The Bertz CT molecular complexity index is 674. The second kappa shape index (κ2) is 4.94. The van der Waals surface area contributed by atoms with E-state index in [0.29, 0.717) is 17.1 Å². The number of imide groups is 1. The summed E-state index contributed by atoms with van der Waals surface area (Å²) in [6.07, 6.45) is 0.218. The molecule has 1 aromatic heterocycles. The highest BCUT2D eigenvalue weighted by molar-refractivity contribution is 6.09. The molecule has 1 aromatic carbocycles. The first-order valence-corrected chi connectivity index (χ1v) is 6.30. The lowest BCUT2D eigenvalue weighted by Crippen LogP contribution is -2.41. The number of hydrogen-bond acceptors (Lipinski definition) is 4. The summed E-state index contributed by atoms with van der Waals surface area (Å²) in [6, 6.07) is 10.4. The zero-order valence-electron chi connectivity index (χ0n) is 10.7. The van der Waals surface area contributed by atoms with Gasteiger partial charge in [0, 0.05) is 5.56 Å². The van der Waals surface area contributed by atoms with E-state index in [0.717, 1.165) is 5.56 Å². The Morgan fingerprint density at radius 2 is 1.85 bits per heavy atom. The quantitative estimate of drug-likeness (QED) is 0.859. The number of carbonyl (C=O) groups is 2. The second-order valence-corrected chi connectivity index (χ2v) is 4.65. The minimum absolute atomic E-state index is 0.0893. The average molecular weight is 271 g/mol. The minimum atomic E-state index is -0.307. The van der Waals surface area contributed by atoms with Gasteiger partial charge in [0.25, 0.3) is 5.91 Å². The molecule has 2 amide bonds. The maximum absolute atomic E-state index is 12.3. The summed E-state index contributed by atoms with van der Waals surface area (Å²) in [5.74, 6) is 0.349. The normalized spacial score (nSPS) is 14.6. The lowest BCUT2D eigenvalue weighted by molar-refractivity contribution is -0.129. The van der Waals surface area contributed by atoms with Crippen molar-refractivity contribution >= 4 is 11.8 Å². The molecule has 5 heteroatoms. The number of hydrogen-bond donors (Lipinski definition) is 1. The van der Waals surface area contributed by atoms with Crippen molar-refractivity contribution in [3.63, 3.8) is 0 Å². The van der Waals surface area contributed by atoms with Crippen molar-refractivity contribution in [1.82, 2.24) is 4.90 Å². The lowest BCUT2D eigenvalue weighted by atomic mass is 9.98. The summed E-state index contributed by atoms with van der Waals surface area (Å²) in [5.41, 5.74) is 1.32. The van der Waals surface area contributed by atoms with E-state index in [1.807, 2.05) is 6.07 Å². The van der Waals surface area contributed by atoms with E-state index >= 15 is 0 Å². The first-order valence-electron chi connectivity index (χ1n) is 6.30. The number of rotatable bonds is 3. The van der Waals surface area contributed by atoms with Crippen LogP contribution in [0.5, 0.6) is 0 Å². The number of aliphatic hydroxyl groups is 1. The summed E-state index contributed by atoms with van der Waals surface area (Å²) < 4.78 is 5.32. The molecule has 0 atom stereocenters. The fourth-order valence-corrected chi connectivity index (χ4v) is 2.31. The van der Waals surface area contributed by atoms with Crippen molar-refractivity contribution in [3.05, 3.63) is 59.0 Å². The predicted molar refractivity (Wildman–Crippen MR) is 69.7 cm³/mol. The molecule has 0 aliphatic carbocycles. The molecule has 1 N–H and O–H groups in total. The van der Waals surface area contributed by atoms with Crippen molar-refractivity contribution in [2.45, 2.75) is 19.6 Å².